The number of aromatic nitrogens is 2. The van der Waals surface area contributed by atoms with E-state index in [0.29, 0.717) is 13.1 Å². The lowest BCUT2D eigenvalue weighted by atomic mass is 10.1. The highest BCUT2D eigenvalue weighted by atomic mass is 35.5. The van der Waals surface area contributed by atoms with E-state index in [9.17, 15) is 8.78 Å². The summed E-state index contributed by atoms with van der Waals surface area (Å²) in [6.07, 6.45) is 1.82. The number of nitrogens with zero attached hydrogens (tertiary/aromatic N) is 3. The van der Waals surface area contributed by atoms with Gasteiger partial charge in [0, 0.05) is 37.4 Å². The topological polar surface area (TPSA) is 21.1 Å². The summed E-state index contributed by atoms with van der Waals surface area (Å²) in [5.74, 6) is 0.361. The lowest BCUT2D eigenvalue weighted by Gasteiger charge is -2.25. The molecule has 3 nitrogen and oxygen atoms in total. The van der Waals surface area contributed by atoms with E-state index in [0.717, 1.165) is 27.8 Å². The van der Waals surface area contributed by atoms with E-state index < -0.39 is 0 Å². The number of anilines is 1. The number of hydrogen-bond donors (Lipinski definition) is 0. The average molecular weight is 428 g/mol. The highest BCUT2D eigenvalue weighted by Crippen LogP contribution is 2.33. The van der Waals surface area contributed by atoms with Gasteiger partial charge in [0.2, 0.25) is 0 Å². The Balaban J connectivity index is 0.00000256. The molecule has 0 bridgehead atoms. The number of benzene rings is 2. The third-order valence-corrected chi connectivity index (χ3v) is 5.56. The number of aryl methyl sites for hydroxylation is 2. The molecule has 0 saturated carbocycles. The standard InChI is InChI=1S/C24H23F2N3.ClH/c1-16-17(2)28(3)22-12-13-27-24(23(16)22)29(14-18-4-8-20(25)9-5-18)15-19-6-10-21(26)11-7-19;/h4-13H,14-15H2,1-3H3;1H. The summed E-state index contributed by atoms with van der Waals surface area (Å²) in [5, 5.41) is 1.11. The van der Waals surface area contributed by atoms with E-state index in [-0.39, 0.29) is 24.0 Å². The van der Waals surface area contributed by atoms with Crippen molar-refractivity contribution >= 4 is 29.1 Å². The van der Waals surface area contributed by atoms with Crippen LogP contribution in [0.15, 0.2) is 60.8 Å². The first kappa shape index (κ1) is 21.8. The van der Waals surface area contributed by atoms with Crippen LogP contribution in [0.1, 0.15) is 22.4 Å². The molecule has 0 aliphatic rings. The zero-order valence-corrected chi connectivity index (χ0v) is 18.0. The Bertz CT molecular complexity index is 1100. The second-order valence-corrected chi connectivity index (χ2v) is 7.41. The molecule has 0 amide bonds. The minimum atomic E-state index is -0.256. The van der Waals surface area contributed by atoms with E-state index >= 15 is 0 Å². The largest absolute Gasteiger partial charge is 0.348 e. The molecule has 0 spiro atoms. The molecule has 4 rings (SSSR count). The normalized spacial score (nSPS) is 10.8. The number of pyridine rings is 1. The minimum absolute atomic E-state index is 0. The number of hydrogen-bond acceptors (Lipinski definition) is 2. The van der Waals surface area contributed by atoms with Gasteiger partial charge in [0.25, 0.3) is 0 Å². The summed E-state index contributed by atoms with van der Waals surface area (Å²) < 4.78 is 28.9. The number of rotatable bonds is 5. The molecule has 0 radical (unpaired) electrons. The van der Waals surface area contributed by atoms with Gasteiger partial charge in [-0.1, -0.05) is 24.3 Å². The summed E-state index contributed by atoms with van der Waals surface area (Å²) in [4.78, 5) is 6.88. The van der Waals surface area contributed by atoms with Crippen molar-refractivity contribution in [3.63, 3.8) is 0 Å². The van der Waals surface area contributed by atoms with E-state index in [1.807, 2.05) is 12.3 Å². The fourth-order valence-corrected chi connectivity index (χ4v) is 3.76. The molecule has 0 aliphatic heterocycles. The maximum atomic E-state index is 13.4. The maximum Gasteiger partial charge on any atom is 0.138 e. The smallest absolute Gasteiger partial charge is 0.138 e. The van der Waals surface area contributed by atoms with Crippen molar-refractivity contribution in [1.82, 2.24) is 9.55 Å². The molecule has 0 aliphatic carbocycles. The summed E-state index contributed by atoms with van der Waals surface area (Å²) in [7, 11) is 2.05. The van der Waals surface area contributed by atoms with Crippen molar-refractivity contribution in [3.8, 4) is 0 Å². The lowest BCUT2D eigenvalue weighted by Crippen LogP contribution is -2.23. The Morgan fingerprint density at radius 1 is 0.833 bits per heavy atom. The van der Waals surface area contributed by atoms with Crippen LogP contribution in [-0.4, -0.2) is 9.55 Å². The van der Waals surface area contributed by atoms with Crippen molar-refractivity contribution in [3.05, 3.63) is 94.8 Å². The van der Waals surface area contributed by atoms with Crippen molar-refractivity contribution in [2.75, 3.05) is 4.90 Å². The number of fused-ring (bicyclic) bond motifs is 1. The Morgan fingerprint density at radius 2 is 1.33 bits per heavy atom. The molecule has 0 unspecified atom stereocenters. The van der Waals surface area contributed by atoms with Crippen LogP contribution in [0, 0.1) is 25.5 Å². The molecule has 6 heteroatoms. The number of halogens is 3. The summed E-state index contributed by atoms with van der Waals surface area (Å²) in [5.41, 5.74) is 5.47. The van der Waals surface area contributed by atoms with Gasteiger partial charge in [0.05, 0.1) is 5.52 Å². The van der Waals surface area contributed by atoms with Gasteiger partial charge in [0.1, 0.15) is 17.5 Å². The zero-order chi connectivity index (χ0) is 20.5. The van der Waals surface area contributed by atoms with Crippen molar-refractivity contribution < 1.29 is 8.78 Å². The minimum Gasteiger partial charge on any atom is -0.348 e. The molecule has 0 atom stereocenters. The van der Waals surface area contributed by atoms with Crippen molar-refractivity contribution in [1.29, 1.82) is 0 Å². The SMILES string of the molecule is Cc1c(C)n(C)c2ccnc(N(Cc3ccc(F)cc3)Cc3ccc(F)cc3)c12.Cl. The van der Waals surface area contributed by atoms with Gasteiger partial charge in [-0.25, -0.2) is 13.8 Å². The Hall–Kier alpha value is -2.92. The first-order chi connectivity index (χ1) is 13.9. The second-order valence-electron chi connectivity index (χ2n) is 7.41. The summed E-state index contributed by atoms with van der Waals surface area (Å²) in [6, 6.07) is 15.1. The van der Waals surface area contributed by atoms with Crippen LogP contribution >= 0.6 is 12.4 Å². The molecule has 2 aromatic heterocycles. The molecule has 4 aromatic rings. The Morgan fingerprint density at radius 3 is 1.83 bits per heavy atom. The van der Waals surface area contributed by atoms with E-state index in [4.69, 9.17) is 4.98 Å². The van der Waals surface area contributed by atoms with E-state index in [2.05, 4.69) is 30.4 Å². The van der Waals surface area contributed by atoms with Crippen LogP contribution in [0.3, 0.4) is 0 Å². The molecule has 156 valence electrons. The lowest BCUT2D eigenvalue weighted by molar-refractivity contribution is 0.626. The third kappa shape index (κ3) is 4.17. The molecule has 2 aromatic carbocycles. The molecule has 0 fully saturated rings. The molecular weight excluding hydrogens is 404 g/mol. The molecule has 2 heterocycles. The maximum absolute atomic E-state index is 13.4. The van der Waals surface area contributed by atoms with Gasteiger partial charge in [0.15, 0.2) is 0 Å². The van der Waals surface area contributed by atoms with Gasteiger partial charge in [-0.3, -0.25) is 0 Å². The molecular formula is C24H24ClF2N3. The average Bonchev–Trinajstić information content (AvgIpc) is 2.95. The van der Waals surface area contributed by atoms with E-state index in [1.54, 1.807) is 24.3 Å². The Kier molecular flexibility index (Phi) is 6.42. The first-order valence-corrected chi connectivity index (χ1v) is 9.58. The fourth-order valence-electron chi connectivity index (χ4n) is 3.76. The van der Waals surface area contributed by atoms with Crippen LogP contribution in [0.5, 0.6) is 0 Å². The van der Waals surface area contributed by atoms with Crippen LogP contribution in [0.2, 0.25) is 0 Å². The fraction of sp³-hybridized carbons (Fsp3) is 0.208. The van der Waals surface area contributed by atoms with Gasteiger partial charge < -0.3 is 9.47 Å². The van der Waals surface area contributed by atoms with E-state index in [1.165, 1.54) is 35.5 Å². The van der Waals surface area contributed by atoms with Crippen LogP contribution < -0.4 is 4.90 Å². The van der Waals surface area contributed by atoms with Gasteiger partial charge in [-0.15, -0.1) is 12.4 Å². The summed E-state index contributed by atoms with van der Waals surface area (Å²) >= 11 is 0. The molecule has 0 N–H and O–H groups in total. The van der Waals surface area contributed by atoms with Crippen molar-refractivity contribution in [2.45, 2.75) is 26.9 Å². The first-order valence-electron chi connectivity index (χ1n) is 9.58. The highest BCUT2D eigenvalue weighted by molar-refractivity contribution is 5.94. The van der Waals surface area contributed by atoms with Gasteiger partial charge in [-0.2, -0.15) is 0 Å². The Labute approximate surface area is 181 Å². The zero-order valence-electron chi connectivity index (χ0n) is 17.2. The van der Waals surface area contributed by atoms with Crippen LogP contribution in [0.25, 0.3) is 10.9 Å². The third-order valence-electron chi connectivity index (χ3n) is 5.56. The van der Waals surface area contributed by atoms with Gasteiger partial charge >= 0.3 is 0 Å². The quantitative estimate of drug-likeness (QED) is 0.384. The predicted molar refractivity (Wildman–Crippen MR) is 120 cm³/mol. The predicted octanol–water partition coefficient (Wildman–Crippen LogP) is 6.10. The second kappa shape index (κ2) is 8.84. The molecule has 30 heavy (non-hydrogen) atoms. The summed E-state index contributed by atoms with van der Waals surface area (Å²) in [6.45, 7) is 5.34. The monoisotopic (exact) mass is 427 g/mol. The highest BCUT2D eigenvalue weighted by Gasteiger charge is 2.18. The molecule has 0 saturated heterocycles. The van der Waals surface area contributed by atoms with Crippen LogP contribution in [0.4, 0.5) is 14.6 Å². The van der Waals surface area contributed by atoms with Crippen molar-refractivity contribution in [2.24, 2.45) is 7.05 Å². The van der Waals surface area contributed by atoms with Gasteiger partial charge in [-0.05, 0) is 60.9 Å². The van der Waals surface area contributed by atoms with Crippen LogP contribution in [-0.2, 0) is 20.1 Å².